The van der Waals surface area contributed by atoms with Crippen molar-refractivity contribution >= 4 is 5.69 Å². The van der Waals surface area contributed by atoms with Crippen molar-refractivity contribution in [3.63, 3.8) is 0 Å². The first-order valence-electron chi connectivity index (χ1n) is 8.14. The van der Waals surface area contributed by atoms with Gasteiger partial charge in [0.2, 0.25) is 0 Å². The van der Waals surface area contributed by atoms with Gasteiger partial charge in [-0.1, -0.05) is 13.0 Å². The van der Waals surface area contributed by atoms with Crippen molar-refractivity contribution in [2.75, 3.05) is 31.5 Å². The molecule has 22 heavy (non-hydrogen) atoms. The third-order valence-corrected chi connectivity index (χ3v) is 4.38. The lowest BCUT2D eigenvalue weighted by atomic mass is 9.99. The van der Waals surface area contributed by atoms with Crippen molar-refractivity contribution in [1.29, 1.82) is 10.5 Å². The third-order valence-electron chi connectivity index (χ3n) is 4.38. The maximum Gasteiger partial charge on any atom is 0.101 e. The molecular formula is C18H24N4. The molecule has 4 nitrogen and oxygen atoms in total. The molecule has 116 valence electrons. The monoisotopic (exact) mass is 296 g/mol. The Morgan fingerprint density at radius 1 is 1.14 bits per heavy atom. The first-order chi connectivity index (χ1) is 10.7. The highest BCUT2D eigenvalue weighted by atomic mass is 15.1. The van der Waals surface area contributed by atoms with Crippen LogP contribution in [0.1, 0.15) is 43.7 Å². The van der Waals surface area contributed by atoms with Gasteiger partial charge in [-0.2, -0.15) is 10.5 Å². The van der Waals surface area contributed by atoms with E-state index in [0.29, 0.717) is 16.8 Å². The number of nitrogens with zero attached hydrogens (tertiary/aromatic N) is 3. The van der Waals surface area contributed by atoms with Crippen LogP contribution < -0.4 is 5.32 Å². The van der Waals surface area contributed by atoms with Crippen molar-refractivity contribution in [2.45, 2.75) is 32.6 Å². The molecule has 0 aromatic heterocycles. The second kappa shape index (κ2) is 8.41. The molecule has 0 atom stereocenters. The van der Waals surface area contributed by atoms with E-state index in [4.69, 9.17) is 10.5 Å². The van der Waals surface area contributed by atoms with Gasteiger partial charge in [-0.3, -0.25) is 0 Å². The van der Waals surface area contributed by atoms with Crippen LogP contribution in [0.15, 0.2) is 18.2 Å². The number of piperidine rings is 1. The fraction of sp³-hybridized carbons (Fsp3) is 0.556. The molecule has 0 bridgehead atoms. The van der Waals surface area contributed by atoms with E-state index in [0.717, 1.165) is 31.8 Å². The summed E-state index contributed by atoms with van der Waals surface area (Å²) in [7, 11) is 0. The fourth-order valence-corrected chi connectivity index (χ4v) is 2.89. The third kappa shape index (κ3) is 4.48. The second-order valence-electron chi connectivity index (χ2n) is 6.11. The van der Waals surface area contributed by atoms with Gasteiger partial charge >= 0.3 is 0 Å². The fourth-order valence-electron chi connectivity index (χ4n) is 2.89. The Kier molecular flexibility index (Phi) is 6.25. The lowest BCUT2D eigenvalue weighted by Crippen LogP contribution is -2.33. The Labute approximate surface area is 133 Å². The van der Waals surface area contributed by atoms with E-state index >= 15 is 0 Å². The summed E-state index contributed by atoms with van der Waals surface area (Å²) < 4.78 is 0. The maximum absolute atomic E-state index is 9.13. The van der Waals surface area contributed by atoms with Crippen LogP contribution >= 0.6 is 0 Å². The van der Waals surface area contributed by atoms with Crippen molar-refractivity contribution in [3.05, 3.63) is 29.3 Å². The summed E-state index contributed by atoms with van der Waals surface area (Å²) in [6.07, 6.45) is 4.84. The molecule has 0 radical (unpaired) electrons. The van der Waals surface area contributed by atoms with E-state index in [2.05, 4.69) is 29.3 Å². The molecule has 0 spiro atoms. The Morgan fingerprint density at radius 3 is 2.36 bits per heavy atom. The molecule has 1 aromatic rings. The zero-order valence-electron chi connectivity index (χ0n) is 13.3. The summed E-state index contributed by atoms with van der Waals surface area (Å²) in [6.45, 7) is 6.74. The first-order valence-corrected chi connectivity index (χ1v) is 8.14. The Bertz CT molecular complexity index is 527. The van der Waals surface area contributed by atoms with E-state index in [1.54, 1.807) is 18.2 Å². The van der Waals surface area contributed by atoms with Crippen LogP contribution in [0.25, 0.3) is 0 Å². The van der Waals surface area contributed by atoms with Crippen LogP contribution in [0.4, 0.5) is 5.69 Å². The molecule has 1 N–H and O–H groups in total. The molecule has 0 amide bonds. The van der Waals surface area contributed by atoms with E-state index in [1.807, 2.05) is 0 Å². The van der Waals surface area contributed by atoms with Crippen LogP contribution in [0.2, 0.25) is 0 Å². The summed E-state index contributed by atoms with van der Waals surface area (Å²) in [6, 6.07) is 9.54. The molecule has 0 aliphatic carbocycles. The van der Waals surface area contributed by atoms with Gasteiger partial charge in [-0.15, -0.1) is 0 Å². The Morgan fingerprint density at radius 2 is 1.77 bits per heavy atom. The number of hydrogen-bond donors (Lipinski definition) is 1. The summed E-state index contributed by atoms with van der Waals surface area (Å²) in [5.41, 5.74) is 1.77. The average molecular weight is 296 g/mol. The van der Waals surface area contributed by atoms with Crippen molar-refractivity contribution in [2.24, 2.45) is 5.92 Å². The summed E-state index contributed by atoms with van der Waals surface area (Å²) in [5, 5.41) is 21.5. The quantitative estimate of drug-likeness (QED) is 0.818. The van der Waals surface area contributed by atoms with E-state index < -0.39 is 0 Å². The van der Waals surface area contributed by atoms with Gasteiger partial charge in [0.15, 0.2) is 0 Å². The molecular weight excluding hydrogens is 272 g/mol. The van der Waals surface area contributed by atoms with Crippen LogP contribution in [-0.4, -0.2) is 31.1 Å². The lowest BCUT2D eigenvalue weighted by Gasteiger charge is -2.30. The molecule has 4 heteroatoms. The number of hydrogen-bond acceptors (Lipinski definition) is 4. The van der Waals surface area contributed by atoms with Gasteiger partial charge in [0.25, 0.3) is 0 Å². The lowest BCUT2D eigenvalue weighted by molar-refractivity contribution is 0.190. The SMILES string of the molecule is CC1CCN(CCCCNc2c(C#N)cccc2C#N)CC1. The number of nitriles is 2. The van der Waals surface area contributed by atoms with Gasteiger partial charge < -0.3 is 10.2 Å². The summed E-state index contributed by atoms with van der Waals surface area (Å²) >= 11 is 0. The second-order valence-corrected chi connectivity index (χ2v) is 6.11. The maximum atomic E-state index is 9.13. The standard InChI is InChI=1S/C18H24N4/c1-15-7-11-22(12-8-15)10-3-2-9-21-18-16(13-19)5-4-6-17(18)14-20/h4-6,15,21H,2-3,7-12H2,1H3. The van der Waals surface area contributed by atoms with Crippen LogP contribution in [0.3, 0.4) is 0 Å². The van der Waals surface area contributed by atoms with Crippen LogP contribution in [0.5, 0.6) is 0 Å². The topological polar surface area (TPSA) is 62.9 Å². The highest BCUT2D eigenvalue weighted by Gasteiger charge is 2.14. The average Bonchev–Trinajstić information content (AvgIpc) is 2.56. The summed E-state index contributed by atoms with van der Waals surface area (Å²) in [5.74, 6) is 0.879. The first kappa shape index (κ1) is 16.3. The van der Waals surface area contributed by atoms with Gasteiger partial charge in [-0.05, 0) is 63.4 Å². The minimum atomic E-state index is 0.545. The molecule has 0 unspecified atom stereocenters. The number of unbranched alkanes of at least 4 members (excludes halogenated alkanes) is 1. The molecule has 2 rings (SSSR count). The number of likely N-dealkylation sites (tertiary alicyclic amines) is 1. The molecule has 1 aromatic carbocycles. The van der Waals surface area contributed by atoms with Crippen molar-refractivity contribution < 1.29 is 0 Å². The molecule has 1 heterocycles. The van der Waals surface area contributed by atoms with E-state index in [1.165, 1.54) is 25.9 Å². The Balaban J connectivity index is 1.73. The smallest absolute Gasteiger partial charge is 0.101 e. The predicted molar refractivity (Wildman–Crippen MR) is 88.4 cm³/mol. The largest absolute Gasteiger partial charge is 0.383 e. The van der Waals surface area contributed by atoms with Gasteiger partial charge in [0.05, 0.1) is 16.8 Å². The normalized spacial score (nSPS) is 16.0. The number of benzene rings is 1. The van der Waals surface area contributed by atoms with Crippen molar-refractivity contribution in [1.82, 2.24) is 4.90 Å². The van der Waals surface area contributed by atoms with E-state index in [9.17, 15) is 0 Å². The molecule has 1 fully saturated rings. The van der Waals surface area contributed by atoms with Gasteiger partial charge in [0, 0.05) is 6.54 Å². The van der Waals surface area contributed by atoms with E-state index in [-0.39, 0.29) is 0 Å². The minimum absolute atomic E-state index is 0.545. The van der Waals surface area contributed by atoms with Crippen LogP contribution in [-0.2, 0) is 0 Å². The number of rotatable bonds is 6. The minimum Gasteiger partial charge on any atom is -0.383 e. The highest BCUT2D eigenvalue weighted by molar-refractivity contribution is 5.66. The molecule has 1 saturated heterocycles. The van der Waals surface area contributed by atoms with Gasteiger partial charge in [-0.25, -0.2) is 0 Å². The predicted octanol–water partition coefficient (Wildman–Crippen LogP) is 3.35. The highest BCUT2D eigenvalue weighted by Crippen LogP contribution is 2.20. The van der Waals surface area contributed by atoms with Gasteiger partial charge in [0.1, 0.15) is 12.1 Å². The number of anilines is 1. The zero-order chi connectivity index (χ0) is 15.8. The Hall–Kier alpha value is -2.04. The number of nitrogens with one attached hydrogen (secondary N) is 1. The number of para-hydroxylation sites is 1. The molecule has 0 saturated carbocycles. The molecule has 1 aliphatic heterocycles. The van der Waals surface area contributed by atoms with Crippen LogP contribution in [0, 0.1) is 28.6 Å². The summed E-state index contributed by atoms with van der Waals surface area (Å²) in [4.78, 5) is 2.55. The zero-order valence-corrected chi connectivity index (χ0v) is 13.3. The van der Waals surface area contributed by atoms with Crippen molar-refractivity contribution in [3.8, 4) is 12.1 Å². The molecule has 1 aliphatic rings.